The van der Waals surface area contributed by atoms with Crippen molar-refractivity contribution in [3.8, 4) is 0 Å². The van der Waals surface area contributed by atoms with Gasteiger partial charge in [-0.2, -0.15) is 0 Å². The number of halogens is 1. The SMILES string of the molecule is Cc1ccccc1NS(=O)(=O)c1ccc(F)cc1C. The highest BCUT2D eigenvalue weighted by molar-refractivity contribution is 7.92. The van der Waals surface area contributed by atoms with E-state index in [9.17, 15) is 12.8 Å². The zero-order valence-electron chi connectivity index (χ0n) is 10.6. The third-order valence-corrected chi connectivity index (χ3v) is 4.34. The number of hydrogen-bond acceptors (Lipinski definition) is 2. The van der Waals surface area contributed by atoms with E-state index in [4.69, 9.17) is 0 Å². The van der Waals surface area contributed by atoms with Crippen LogP contribution in [0.15, 0.2) is 47.4 Å². The van der Waals surface area contributed by atoms with Gasteiger partial charge in [0.05, 0.1) is 10.6 Å². The van der Waals surface area contributed by atoms with Gasteiger partial charge in [0.25, 0.3) is 10.0 Å². The Morgan fingerprint density at radius 3 is 2.32 bits per heavy atom. The molecule has 0 unspecified atom stereocenters. The smallest absolute Gasteiger partial charge is 0.262 e. The van der Waals surface area contributed by atoms with Gasteiger partial charge in [-0.3, -0.25) is 4.72 Å². The van der Waals surface area contributed by atoms with Gasteiger partial charge in [0, 0.05) is 0 Å². The molecular formula is C14H14FNO2S. The molecule has 0 aliphatic heterocycles. The Labute approximate surface area is 112 Å². The maximum Gasteiger partial charge on any atom is 0.262 e. The summed E-state index contributed by atoms with van der Waals surface area (Å²) in [5.74, 6) is -0.452. The van der Waals surface area contributed by atoms with E-state index in [1.165, 1.54) is 12.1 Å². The number of benzene rings is 2. The highest BCUT2D eigenvalue weighted by atomic mass is 32.2. The molecule has 0 saturated carbocycles. The van der Waals surface area contributed by atoms with Crippen molar-refractivity contribution in [2.75, 3.05) is 4.72 Å². The van der Waals surface area contributed by atoms with Crippen molar-refractivity contribution in [2.24, 2.45) is 0 Å². The van der Waals surface area contributed by atoms with Crippen LogP contribution in [0.1, 0.15) is 11.1 Å². The van der Waals surface area contributed by atoms with Crippen LogP contribution in [0.5, 0.6) is 0 Å². The monoisotopic (exact) mass is 279 g/mol. The second-order valence-corrected chi connectivity index (χ2v) is 5.98. The number of rotatable bonds is 3. The molecule has 2 aromatic rings. The highest BCUT2D eigenvalue weighted by Crippen LogP contribution is 2.21. The van der Waals surface area contributed by atoms with Crippen molar-refractivity contribution >= 4 is 15.7 Å². The lowest BCUT2D eigenvalue weighted by Crippen LogP contribution is -2.15. The molecule has 0 atom stereocenters. The Bertz CT molecular complexity index is 711. The van der Waals surface area contributed by atoms with Gasteiger partial charge in [0.2, 0.25) is 0 Å². The molecule has 3 nitrogen and oxygen atoms in total. The first-order valence-electron chi connectivity index (χ1n) is 5.75. The lowest BCUT2D eigenvalue weighted by Gasteiger charge is -2.12. The Morgan fingerprint density at radius 1 is 1.00 bits per heavy atom. The molecule has 100 valence electrons. The largest absolute Gasteiger partial charge is 0.279 e. The summed E-state index contributed by atoms with van der Waals surface area (Å²) in [6.45, 7) is 3.38. The topological polar surface area (TPSA) is 46.2 Å². The van der Waals surface area contributed by atoms with Gasteiger partial charge in [-0.05, 0) is 49.2 Å². The van der Waals surface area contributed by atoms with E-state index in [1.54, 1.807) is 19.1 Å². The lowest BCUT2D eigenvalue weighted by atomic mass is 10.2. The van der Waals surface area contributed by atoms with Crippen LogP contribution < -0.4 is 4.72 Å². The fourth-order valence-electron chi connectivity index (χ4n) is 1.80. The minimum absolute atomic E-state index is 0.0807. The van der Waals surface area contributed by atoms with Crippen LogP contribution in [-0.4, -0.2) is 8.42 Å². The predicted octanol–water partition coefficient (Wildman–Crippen LogP) is 3.24. The molecule has 19 heavy (non-hydrogen) atoms. The molecule has 0 aliphatic carbocycles. The zero-order valence-corrected chi connectivity index (χ0v) is 11.5. The normalized spacial score (nSPS) is 11.3. The first kappa shape index (κ1) is 13.5. The zero-order chi connectivity index (χ0) is 14.0. The Balaban J connectivity index is 2.41. The van der Waals surface area contributed by atoms with E-state index < -0.39 is 15.8 Å². The van der Waals surface area contributed by atoms with Crippen LogP contribution in [0.4, 0.5) is 10.1 Å². The van der Waals surface area contributed by atoms with E-state index in [2.05, 4.69) is 4.72 Å². The third kappa shape index (κ3) is 2.93. The number of sulfonamides is 1. The van der Waals surface area contributed by atoms with Gasteiger partial charge in [-0.15, -0.1) is 0 Å². The van der Waals surface area contributed by atoms with Crippen LogP contribution in [0.25, 0.3) is 0 Å². The van der Waals surface area contributed by atoms with Crippen molar-refractivity contribution in [3.05, 3.63) is 59.4 Å². The maximum absolute atomic E-state index is 13.0. The Morgan fingerprint density at radius 2 is 1.68 bits per heavy atom. The molecule has 0 aliphatic rings. The standard InChI is InChI=1S/C14H14FNO2S/c1-10-5-3-4-6-13(10)16-19(17,18)14-8-7-12(15)9-11(14)2/h3-9,16H,1-2H3. The van der Waals surface area contributed by atoms with Gasteiger partial charge >= 0.3 is 0 Å². The van der Waals surface area contributed by atoms with Crippen LogP contribution in [0.2, 0.25) is 0 Å². The number of aryl methyl sites for hydroxylation is 2. The molecule has 0 radical (unpaired) electrons. The van der Waals surface area contributed by atoms with Crippen LogP contribution in [0.3, 0.4) is 0 Å². The summed E-state index contributed by atoms with van der Waals surface area (Å²) in [6.07, 6.45) is 0. The van der Waals surface area contributed by atoms with Crippen LogP contribution in [0, 0.1) is 19.7 Å². The number of para-hydroxylation sites is 1. The van der Waals surface area contributed by atoms with E-state index >= 15 is 0 Å². The average Bonchev–Trinajstić information content (AvgIpc) is 2.31. The quantitative estimate of drug-likeness (QED) is 0.937. The molecule has 0 fully saturated rings. The van der Waals surface area contributed by atoms with Crippen molar-refractivity contribution in [3.63, 3.8) is 0 Å². The molecule has 5 heteroatoms. The van der Waals surface area contributed by atoms with Gasteiger partial charge < -0.3 is 0 Å². The summed E-state index contributed by atoms with van der Waals surface area (Å²) in [5, 5.41) is 0. The predicted molar refractivity (Wildman–Crippen MR) is 73.1 cm³/mol. The molecule has 1 N–H and O–H groups in total. The van der Waals surface area contributed by atoms with Crippen molar-refractivity contribution in [1.29, 1.82) is 0 Å². The average molecular weight is 279 g/mol. The molecular weight excluding hydrogens is 265 g/mol. The number of hydrogen-bond donors (Lipinski definition) is 1. The van der Waals surface area contributed by atoms with Gasteiger partial charge in [-0.1, -0.05) is 18.2 Å². The summed E-state index contributed by atoms with van der Waals surface area (Å²) in [6, 6.07) is 10.7. The summed E-state index contributed by atoms with van der Waals surface area (Å²) >= 11 is 0. The number of anilines is 1. The maximum atomic E-state index is 13.0. The fourth-order valence-corrected chi connectivity index (χ4v) is 3.16. The first-order valence-corrected chi connectivity index (χ1v) is 7.23. The number of nitrogens with one attached hydrogen (secondary N) is 1. The molecule has 0 saturated heterocycles. The summed E-state index contributed by atoms with van der Waals surface area (Å²) in [7, 11) is -3.70. The molecule has 2 rings (SSSR count). The van der Waals surface area contributed by atoms with Crippen molar-refractivity contribution < 1.29 is 12.8 Å². The minimum atomic E-state index is -3.70. The summed E-state index contributed by atoms with van der Waals surface area (Å²) in [5.41, 5.74) is 1.72. The lowest BCUT2D eigenvalue weighted by molar-refractivity contribution is 0.598. The van der Waals surface area contributed by atoms with E-state index in [-0.39, 0.29) is 4.90 Å². The fraction of sp³-hybridized carbons (Fsp3) is 0.143. The van der Waals surface area contributed by atoms with Gasteiger partial charge in [0.15, 0.2) is 0 Å². The van der Waals surface area contributed by atoms with Crippen molar-refractivity contribution in [2.45, 2.75) is 18.7 Å². The van der Waals surface area contributed by atoms with Gasteiger partial charge in [0.1, 0.15) is 5.82 Å². The Hall–Kier alpha value is -1.88. The molecule has 0 amide bonds. The second-order valence-electron chi connectivity index (χ2n) is 4.33. The van der Waals surface area contributed by atoms with Crippen LogP contribution >= 0.6 is 0 Å². The van der Waals surface area contributed by atoms with E-state index in [1.807, 2.05) is 19.1 Å². The molecule has 0 heterocycles. The molecule has 0 spiro atoms. The highest BCUT2D eigenvalue weighted by Gasteiger charge is 2.17. The summed E-state index contributed by atoms with van der Waals surface area (Å²) < 4.78 is 40.0. The molecule has 0 aromatic heterocycles. The Kier molecular flexibility index (Phi) is 3.57. The minimum Gasteiger partial charge on any atom is -0.279 e. The molecule has 2 aromatic carbocycles. The van der Waals surface area contributed by atoms with E-state index in [0.717, 1.165) is 11.6 Å². The second kappa shape index (κ2) is 5.01. The van der Waals surface area contributed by atoms with Gasteiger partial charge in [-0.25, -0.2) is 12.8 Å². The summed E-state index contributed by atoms with van der Waals surface area (Å²) in [4.78, 5) is 0.0807. The van der Waals surface area contributed by atoms with Crippen molar-refractivity contribution in [1.82, 2.24) is 0 Å². The molecule has 0 bridgehead atoms. The van der Waals surface area contributed by atoms with E-state index in [0.29, 0.717) is 11.3 Å². The van der Waals surface area contributed by atoms with Crippen LogP contribution in [-0.2, 0) is 10.0 Å². The first-order chi connectivity index (χ1) is 8.90. The third-order valence-electron chi connectivity index (χ3n) is 2.82.